The highest BCUT2D eigenvalue weighted by molar-refractivity contribution is 5.93. The van der Waals surface area contributed by atoms with Crippen molar-refractivity contribution in [1.82, 2.24) is 9.80 Å². The minimum Gasteiger partial charge on any atom is -0.332 e. The molecule has 4 rings (SSSR count). The van der Waals surface area contributed by atoms with Crippen molar-refractivity contribution >= 4 is 17.6 Å². The molecule has 2 aliphatic heterocycles. The number of carbonyl (C=O) groups is 2. The first kappa shape index (κ1) is 20.1. The summed E-state index contributed by atoms with van der Waals surface area (Å²) in [6, 6.07) is 4.13. The van der Waals surface area contributed by atoms with Gasteiger partial charge in [0.15, 0.2) is 23.3 Å². The van der Waals surface area contributed by atoms with Crippen molar-refractivity contribution in [3.05, 3.63) is 64.0 Å². The summed E-state index contributed by atoms with van der Waals surface area (Å²) in [5.74, 6) is -11.3. The highest BCUT2D eigenvalue weighted by atomic mass is 19.2. The average molecular weight is 425 g/mol. The summed E-state index contributed by atoms with van der Waals surface area (Å²) in [4.78, 5) is 27.7. The Bertz CT molecular complexity index is 1050. The predicted octanol–water partition coefficient (Wildman–Crippen LogP) is 3.66. The largest absolute Gasteiger partial charge is 0.332 e. The fraction of sp³-hybridized carbons (Fsp3) is 0.300. The molecule has 1 saturated heterocycles. The van der Waals surface area contributed by atoms with Gasteiger partial charge in [-0.2, -0.15) is 0 Å². The maximum absolute atomic E-state index is 13.9. The first-order valence-electron chi connectivity index (χ1n) is 9.15. The molecule has 30 heavy (non-hydrogen) atoms. The summed E-state index contributed by atoms with van der Waals surface area (Å²) in [6.07, 6.45) is 0.663. The lowest BCUT2D eigenvalue weighted by Gasteiger charge is -2.44. The van der Waals surface area contributed by atoms with Gasteiger partial charge in [0.25, 0.3) is 0 Å². The van der Waals surface area contributed by atoms with E-state index in [2.05, 4.69) is 0 Å². The number of amides is 3. The van der Waals surface area contributed by atoms with Gasteiger partial charge in [0, 0.05) is 13.1 Å². The second-order valence-corrected chi connectivity index (χ2v) is 7.31. The van der Waals surface area contributed by atoms with Gasteiger partial charge in [-0.15, -0.1) is 0 Å². The van der Waals surface area contributed by atoms with Gasteiger partial charge in [-0.1, -0.05) is 23.8 Å². The van der Waals surface area contributed by atoms with Crippen LogP contribution in [0.15, 0.2) is 18.2 Å². The van der Waals surface area contributed by atoms with Gasteiger partial charge in [0.2, 0.25) is 11.7 Å². The van der Waals surface area contributed by atoms with Crippen molar-refractivity contribution < 1.29 is 31.5 Å². The zero-order valence-corrected chi connectivity index (χ0v) is 15.7. The molecule has 1 atom stereocenters. The van der Waals surface area contributed by atoms with Crippen molar-refractivity contribution in [3.63, 3.8) is 0 Å². The lowest BCUT2D eigenvalue weighted by molar-refractivity contribution is -0.139. The first-order valence-corrected chi connectivity index (χ1v) is 9.15. The number of rotatable bonds is 1. The molecule has 2 aromatic rings. The highest BCUT2D eigenvalue weighted by Crippen LogP contribution is 2.34. The van der Waals surface area contributed by atoms with Crippen LogP contribution in [0, 0.1) is 36.0 Å². The number of fused-ring (bicyclic) bond motifs is 3. The van der Waals surface area contributed by atoms with Crippen LogP contribution < -0.4 is 5.32 Å². The molecule has 0 spiro atoms. The minimum atomic E-state index is -2.32. The van der Waals surface area contributed by atoms with Crippen molar-refractivity contribution in [2.24, 2.45) is 0 Å². The van der Waals surface area contributed by atoms with Gasteiger partial charge in [-0.3, -0.25) is 4.79 Å². The number of aryl methyl sites for hydroxylation is 1. The molecule has 1 fully saturated rings. The van der Waals surface area contributed by atoms with E-state index in [1.807, 2.05) is 25.1 Å². The summed E-state index contributed by atoms with van der Waals surface area (Å²) in [7, 11) is 0. The molecule has 158 valence electrons. The molecular weight excluding hydrogens is 409 g/mol. The molecule has 3 amide bonds. The number of anilines is 1. The molecule has 5 nitrogen and oxygen atoms in total. The number of piperazine rings is 1. The van der Waals surface area contributed by atoms with Crippen molar-refractivity contribution in [2.75, 3.05) is 25.0 Å². The number of urea groups is 1. The Balaban J connectivity index is 1.61. The summed E-state index contributed by atoms with van der Waals surface area (Å²) < 4.78 is 67.7. The van der Waals surface area contributed by atoms with E-state index in [0.717, 1.165) is 21.6 Å². The van der Waals surface area contributed by atoms with Gasteiger partial charge < -0.3 is 15.1 Å². The third-order valence-electron chi connectivity index (χ3n) is 5.42. The van der Waals surface area contributed by atoms with E-state index in [1.165, 1.54) is 0 Å². The molecule has 0 unspecified atom stereocenters. The number of nitrogens with one attached hydrogen (secondary N) is 1. The van der Waals surface area contributed by atoms with E-state index < -0.39 is 46.8 Å². The molecule has 2 heterocycles. The average Bonchev–Trinajstić information content (AvgIpc) is 2.73. The summed E-state index contributed by atoms with van der Waals surface area (Å²) in [5.41, 5.74) is 1.48. The summed E-state index contributed by atoms with van der Waals surface area (Å²) >= 11 is 0. The Kier molecular flexibility index (Phi) is 4.87. The second kappa shape index (κ2) is 7.26. The van der Waals surface area contributed by atoms with E-state index in [-0.39, 0.29) is 19.0 Å². The molecule has 2 aromatic carbocycles. The summed E-state index contributed by atoms with van der Waals surface area (Å²) in [6.45, 7) is 2.04. The van der Waals surface area contributed by atoms with Crippen LogP contribution in [0.3, 0.4) is 0 Å². The topological polar surface area (TPSA) is 52.7 Å². The maximum Gasteiger partial charge on any atom is 0.322 e. The fourth-order valence-corrected chi connectivity index (χ4v) is 3.92. The molecule has 0 radical (unpaired) electrons. The van der Waals surface area contributed by atoms with E-state index >= 15 is 0 Å². The minimum absolute atomic E-state index is 0.0169. The maximum atomic E-state index is 13.9. The van der Waals surface area contributed by atoms with Gasteiger partial charge in [-0.05, 0) is 24.5 Å². The number of benzene rings is 2. The molecule has 0 aromatic heterocycles. The van der Waals surface area contributed by atoms with Crippen LogP contribution in [-0.4, -0.2) is 41.4 Å². The normalized spacial score (nSPS) is 18.2. The van der Waals surface area contributed by atoms with Crippen LogP contribution in [0.2, 0.25) is 0 Å². The van der Waals surface area contributed by atoms with Crippen LogP contribution in [0.1, 0.15) is 22.7 Å². The standard InChI is InChI=1S/C20H16F5N3O2/c1-9-2-3-11-10(6-9)4-5-28-12(11)7-27(8-13(28)29)20(30)26-19-17(24)15(22)14(21)16(23)18(19)25/h2-3,6,12H,4-5,7-8H2,1H3,(H,26,30)/t12-/m1/s1. The Labute approximate surface area is 168 Å². The van der Waals surface area contributed by atoms with E-state index in [9.17, 15) is 31.5 Å². The van der Waals surface area contributed by atoms with Crippen LogP contribution in [0.25, 0.3) is 0 Å². The number of carbonyl (C=O) groups excluding carboxylic acids is 2. The Hall–Kier alpha value is -3.17. The van der Waals surface area contributed by atoms with Gasteiger partial charge in [-0.25, -0.2) is 26.7 Å². The SMILES string of the molecule is Cc1ccc2c(c1)CCN1C(=O)CN(C(=O)Nc3c(F)c(F)c(F)c(F)c3F)C[C@H]21. The zero-order chi connectivity index (χ0) is 21.7. The van der Waals surface area contributed by atoms with Crippen molar-refractivity contribution in [2.45, 2.75) is 19.4 Å². The third-order valence-corrected chi connectivity index (χ3v) is 5.42. The predicted molar refractivity (Wildman–Crippen MR) is 96.2 cm³/mol. The molecule has 2 aliphatic rings. The van der Waals surface area contributed by atoms with E-state index in [1.54, 1.807) is 10.2 Å². The van der Waals surface area contributed by atoms with E-state index in [4.69, 9.17) is 0 Å². The lowest BCUT2D eigenvalue weighted by atomic mass is 9.89. The number of halogens is 5. The zero-order valence-electron chi connectivity index (χ0n) is 15.7. The number of hydrogen-bond donors (Lipinski definition) is 1. The van der Waals surface area contributed by atoms with E-state index in [0.29, 0.717) is 13.0 Å². The lowest BCUT2D eigenvalue weighted by Crippen LogP contribution is -2.56. The Morgan fingerprint density at radius 2 is 1.67 bits per heavy atom. The number of hydrogen-bond acceptors (Lipinski definition) is 2. The fourth-order valence-electron chi connectivity index (χ4n) is 3.92. The summed E-state index contributed by atoms with van der Waals surface area (Å²) in [5, 5.41) is 1.73. The van der Waals surface area contributed by atoms with Gasteiger partial charge in [0.05, 0.1) is 6.04 Å². The van der Waals surface area contributed by atoms with Crippen LogP contribution in [0.4, 0.5) is 32.4 Å². The molecule has 0 aliphatic carbocycles. The molecule has 0 bridgehead atoms. The molecule has 1 N–H and O–H groups in total. The molecule has 10 heteroatoms. The Morgan fingerprint density at radius 1 is 1.03 bits per heavy atom. The highest BCUT2D eigenvalue weighted by Gasteiger charge is 2.39. The monoisotopic (exact) mass is 425 g/mol. The molecular formula is C20H16F5N3O2. The van der Waals surface area contributed by atoms with Crippen molar-refractivity contribution in [3.8, 4) is 0 Å². The van der Waals surface area contributed by atoms with Crippen LogP contribution in [0.5, 0.6) is 0 Å². The third kappa shape index (κ3) is 3.16. The quantitative estimate of drug-likeness (QED) is 0.431. The van der Waals surface area contributed by atoms with Crippen LogP contribution in [-0.2, 0) is 11.2 Å². The Morgan fingerprint density at radius 3 is 2.33 bits per heavy atom. The van der Waals surface area contributed by atoms with Gasteiger partial charge >= 0.3 is 6.03 Å². The second-order valence-electron chi connectivity index (χ2n) is 7.31. The first-order chi connectivity index (χ1) is 14.2. The van der Waals surface area contributed by atoms with Crippen molar-refractivity contribution in [1.29, 1.82) is 0 Å². The number of nitrogens with zero attached hydrogens (tertiary/aromatic N) is 2. The van der Waals surface area contributed by atoms with Gasteiger partial charge in [0.1, 0.15) is 12.2 Å². The van der Waals surface area contributed by atoms with Crippen LogP contribution >= 0.6 is 0 Å². The smallest absolute Gasteiger partial charge is 0.322 e. The molecule has 0 saturated carbocycles.